The molecule has 0 bridgehead atoms. The van der Waals surface area contributed by atoms with Crippen molar-refractivity contribution in [3.05, 3.63) is 24.0 Å². The molecule has 0 amide bonds. The number of nitrogens with zero attached hydrogens (tertiary/aromatic N) is 1. The zero-order valence-electron chi connectivity index (χ0n) is 9.70. The summed E-state index contributed by atoms with van der Waals surface area (Å²) in [6, 6.07) is 1.91. The lowest BCUT2D eigenvalue weighted by atomic mass is 10.2. The second-order valence-electron chi connectivity index (χ2n) is 3.39. The molecule has 0 spiro atoms. The van der Waals surface area contributed by atoms with Crippen molar-refractivity contribution < 1.29 is 4.74 Å². The maximum Gasteiger partial charge on any atom is 0.138 e. The first-order valence-corrected chi connectivity index (χ1v) is 5.63. The molecule has 86 valence electrons. The van der Waals surface area contributed by atoms with Gasteiger partial charge >= 0.3 is 0 Å². The molecule has 0 saturated heterocycles. The van der Waals surface area contributed by atoms with Crippen LogP contribution < -0.4 is 10.5 Å². The second-order valence-corrected chi connectivity index (χ2v) is 3.39. The number of aromatic nitrogens is 1. The van der Waals surface area contributed by atoms with Crippen LogP contribution >= 0.6 is 0 Å². The molecule has 0 aliphatic rings. The largest absolute Gasteiger partial charge is 0.492 e. The molecule has 1 aromatic rings. The molecule has 0 aliphatic carbocycles. The van der Waals surface area contributed by atoms with E-state index in [9.17, 15) is 0 Å². The van der Waals surface area contributed by atoms with Gasteiger partial charge in [0, 0.05) is 18.2 Å². The highest BCUT2D eigenvalue weighted by Gasteiger charge is 1.93. The van der Waals surface area contributed by atoms with E-state index in [0.717, 1.165) is 37.1 Å². The Labute approximate surface area is 97.0 Å². The Morgan fingerprint density at radius 1 is 1.38 bits per heavy atom. The minimum Gasteiger partial charge on any atom is -0.492 e. The van der Waals surface area contributed by atoms with Gasteiger partial charge in [0.05, 0.1) is 12.8 Å². The first kappa shape index (κ1) is 12.5. The molecule has 3 nitrogen and oxygen atoms in total. The van der Waals surface area contributed by atoms with Gasteiger partial charge in [-0.2, -0.15) is 0 Å². The summed E-state index contributed by atoms with van der Waals surface area (Å²) in [7, 11) is 0. The van der Waals surface area contributed by atoms with Crippen LogP contribution in [0, 0.1) is 11.8 Å². The molecule has 1 rings (SSSR count). The number of hydrogen-bond acceptors (Lipinski definition) is 3. The molecule has 0 fully saturated rings. The quantitative estimate of drug-likeness (QED) is 0.607. The fourth-order valence-electron chi connectivity index (χ4n) is 1.26. The van der Waals surface area contributed by atoms with Gasteiger partial charge in [-0.15, -0.1) is 0 Å². The lowest BCUT2D eigenvalue weighted by molar-refractivity contribution is 0.339. The molecule has 0 radical (unpaired) electrons. The van der Waals surface area contributed by atoms with Gasteiger partial charge in [-0.1, -0.05) is 11.8 Å². The van der Waals surface area contributed by atoms with Gasteiger partial charge in [-0.25, -0.2) is 0 Å². The highest BCUT2D eigenvalue weighted by molar-refractivity contribution is 5.36. The minimum atomic E-state index is 0.648. The predicted molar refractivity (Wildman–Crippen MR) is 65.2 cm³/mol. The highest BCUT2D eigenvalue weighted by Crippen LogP contribution is 2.09. The van der Waals surface area contributed by atoms with E-state index < -0.39 is 0 Å². The Morgan fingerprint density at radius 2 is 2.25 bits per heavy atom. The summed E-state index contributed by atoms with van der Waals surface area (Å²) in [4.78, 5) is 4.07. The van der Waals surface area contributed by atoms with Crippen LogP contribution in [0.1, 0.15) is 31.7 Å². The van der Waals surface area contributed by atoms with Crippen molar-refractivity contribution in [2.45, 2.75) is 26.2 Å². The van der Waals surface area contributed by atoms with Crippen molar-refractivity contribution in [1.29, 1.82) is 0 Å². The molecule has 2 N–H and O–H groups in total. The van der Waals surface area contributed by atoms with Gasteiger partial charge in [0.15, 0.2) is 0 Å². The molecule has 0 unspecified atom stereocenters. The summed E-state index contributed by atoms with van der Waals surface area (Å²) in [5, 5.41) is 0. The van der Waals surface area contributed by atoms with Gasteiger partial charge in [-0.3, -0.25) is 4.98 Å². The smallest absolute Gasteiger partial charge is 0.138 e. The fourth-order valence-corrected chi connectivity index (χ4v) is 1.26. The molecule has 3 heteroatoms. The van der Waals surface area contributed by atoms with Gasteiger partial charge in [0.1, 0.15) is 5.75 Å². The van der Waals surface area contributed by atoms with Crippen LogP contribution in [0.2, 0.25) is 0 Å². The molecule has 0 aromatic carbocycles. The number of rotatable bonds is 5. The maximum absolute atomic E-state index is 5.40. The molecule has 1 aromatic heterocycles. The van der Waals surface area contributed by atoms with E-state index in [2.05, 4.69) is 16.8 Å². The van der Waals surface area contributed by atoms with Crippen molar-refractivity contribution in [3.8, 4) is 17.6 Å². The summed E-state index contributed by atoms with van der Waals surface area (Å²) in [6.45, 7) is 3.34. The lowest BCUT2D eigenvalue weighted by Crippen LogP contribution is -1.97. The summed E-state index contributed by atoms with van der Waals surface area (Å²) in [5.41, 5.74) is 6.30. The average Bonchev–Trinajstić information content (AvgIpc) is 2.30. The third-order valence-corrected chi connectivity index (χ3v) is 2.01. The van der Waals surface area contributed by atoms with Crippen LogP contribution in [-0.2, 0) is 0 Å². The van der Waals surface area contributed by atoms with Crippen molar-refractivity contribution in [2.24, 2.45) is 5.73 Å². The maximum atomic E-state index is 5.40. The van der Waals surface area contributed by atoms with E-state index in [1.807, 2.05) is 13.0 Å². The third kappa shape index (κ3) is 4.81. The topological polar surface area (TPSA) is 48.1 Å². The Balaban J connectivity index is 2.49. The van der Waals surface area contributed by atoms with E-state index in [1.54, 1.807) is 12.4 Å². The SMILES string of the molecule is CCOc1cncc(C#CCCCCN)c1. The highest BCUT2D eigenvalue weighted by atomic mass is 16.5. The van der Waals surface area contributed by atoms with Crippen molar-refractivity contribution in [2.75, 3.05) is 13.2 Å². The van der Waals surface area contributed by atoms with Crippen LogP contribution in [0.5, 0.6) is 5.75 Å². The standard InChI is InChI=1S/C13H18N2O/c1-2-16-13-9-12(10-15-11-13)7-5-3-4-6-8-14/h9-11H,2-4,6,8,14H2,1H3. The number of pyridine rings is 1. The number of nitrogens with two attached hydrogens (primary N) is 1. The molecule has 0 atom stereocenters. The molecule has 0 aliphatic heterocycles. The van der Waals surface area contributed by atoms with Crippen LogP contribution in [0.15, 0.2) is 18.5 Å². The fraction of sp³-hybridized carbons (Fsp3) is 0.462. The first-order valence-electron chi connectivity index (χ1n) is 5.63. The van der Waals surface area contributed by atoms with Gasteiger partial charge in [-0.05, 0) is 32.4 Å². The van der Waals surface area contributed by atoms with E-state index in [0.29, 0.717) is 6.61 Å². The number of ether oxygens (including phenoxy) is 1. The van der Waals surface area contributed by atoms with E-state index >= 15 is 0 Å². The Hall–Kier alpha value is -1.53. The van der Waals surface area contributed by atoms with E-state index in [4.69, 9.17) is 10.5 Å². The summed E-state index contributed by atoms with van der Waals surface area (Å²) >= 11 is 0. The lowest BCUT2D eigenvalue weighted by Gasteiger charge is -2.01. The van der Waals surface area contributed by atoms with Crippen LogP contribution in [-0.4, -0.2) is 18.1 Å². The Kier molecular flexibility index (Phi) is 6.05. The van der Waals surface area contributed by atoms with Gasteiger partial charge in [0.2, 0.25) is 0 Å². The molecule has 16 heavy (non-hydrogen) atoms. The molecular formula is C13H18N2O. The van der Waals surface area contributed by atoms with E-state index in [-0.39, 0.29) is 0 Å². The second kappa shape index (κ2) is 7.72. The van der Waals surface area contributed by atoms with Crippen molar-refractivity contribution >= 4 is 0 Å². The van der Waals surface area contributed by atoms with Crippen LogP contribution in [0.4, 0.5) is 0 Å². The first-order chi connectivity index (χ1) is 7.86. The van der Waals surface area contributed by atoms with Crippen LogP contribution in [0.25, 0.3) is 0 Å². The van der Waals surface area contributed by atoms with Gasteiger partial charge < -0.3 is 10.5 Å². The molecular weight excluding hydrogens is 200 g/mol. The summed E-state index contributed by atoms with van der Waals surface area (Å²) in [6.07, 6.45) is 6.42. The van der Waals surface area contributed by atoms with Crippen molar-refractivity contribution in [1.82, 2.24) is 4.98 Å². The Morgan fingerprint density at radius 3 is 3.00 bits per heavy atom. The predicted octanol–water partition coefficient (Wildman–Crippen LogP) is 1.96. The third-order valence-electron chi connectivity index (χ3n) is 2.01. The zero-order valence-corrected chi connectivity index (χ0v) is 9.70. The summed E-state index contributed by atoms with van der Waals surface area (Å²) < 4.78 is 5.34. The normalized spacial score (nSPS) is 9.38. The zero-order chi connectivity index (χ0) is 11.6. The molecule has 1 heterocycles. The minimum absolute atomic E-state index is 0.648. The number of hydrogen-bond donors (Lipinski definition) is 1. The van der Waals surface area contributed by atoms with Crippen molar-refractivity contribution in [3.63, 3.8) is 0 Å². The Bertz CT molecular complexity index is 366. The van der Waals surface area contributed by atoms with Crippen LogP contribution in [0.3, 0.4) is 0 Å². The monoisotopic (exact) mass is 218 g/mol. The number of unbranched alkanes of at least 4 members (excludes halogenated alkanes) is 2. The molecule has 0 saturated carbocycles. The van der Waals surface area contributed by atoms with E-state index in [1.165, 1.54) is 0 Å². The van der Waals surface area contributed by atoms with Gasteiger partial charge in [0.25, 0.3) is 0 Å². The average molecular weight is 218 g/mol. The summed E-state index contributed by atoms with van der Waals surface area (Å²) in [5.74, 6) is 6.95.